The summed E-state index contributed by atoms with van der Waals surface area (Å²) in [5.41, 5.74) is 4.10. The number of amides is 4. The highest BCUT2D eigenvalue weighted by atomic mass is 16.5. The van der Waals surface area contributed by atoms with Gasteiger partial charge in [0.1, 0.15) is 17.4 Å². The van der Waals surface area contributed by atoms with Gasteiger partial charge in [0, 0.05) is 6.42 Å². The average Bonchev–Trinajstić information content (AvgIpc) is 3.00. The highest BCUT2D eigenvalue weighted by molar-refractivity contribution is 6.39. The predicted molar refractivity (Wildman–Crippen MR) is 105 cm³/mol. The molecule has 0 aliphatic carbocycles. The van der Waals surface area contributed by atoms with Gasteiger partial charge in [-0.3, -0.25) is 14.9 Å². The minimum absolute atomic E-state index is 0.0789. The number of barbiturate groups is 1. The Bertz CT molecular complexity index is 1050. The molecule has 0 spiro atoms. The highest BCUT2D eigenvalue weighted by Crippen LogP contribution is 2.30. The van der Waals surface area contributed by atoms with Crippen LogP contribution in [-0.2, 0) is 16.0 Å². The van der Waals surface area contributed by atoms with Crippen LogP contribution >= 0.6 is 0 Å². The number of carbonyl (C=O) groups excluding carboxylic acids is 3. The van der Waals surface area contributed by atoms with E-state index in [1.807, 2.05) is 39.0 Å². The molecule has 1 saturated heterocycles. The van der Waals surface area contributed by atoms with E-state index >= 15 is 0 Å². The average molecular weight is 376 g/mol. The van der Waals surface area contributed by atoms with Crippen molar-refractivity contribution in [1.82, 2.24) is 5.32 Å². The smallest absolute Gasteiger partial charge is 0.335 e. The molecule has 0 bridgehead atoms. The number of nitrogens with one attached hydrogen (secondary N) is 1. The second-order valence-electron chi connectivity index (χ2n) is 7.23. The Kier molecular flexibility index (Phi) is 4.26. The van der Waals surface area contributed by atoms with Gasteiger partial charge in [0.25, 0.3) is 11.8 Å². The van der Waals surface area contributed by atoms with Gasteiger partial charge in [0.05, 0.1) is 5.69 Å². The third-order valence-corrected chi connectivity index (χ3v) is 5.08. The SMILES string of the molecule is Cc1ccc(N2C(=O)NC(=O)/C(=C/c3ccc4c(c3)C[C@@H](C)O4)C2=O)cc1C. The number of imide groups is 2. The standard InChI is InChI=1S/C22H20N2O4/c1-12-4-6-17(8-13(12)2)24-21(26)18(20(25)23-22(24)27)11-15-5-7-19-16(10-15)9-14(3)28-19/h4-8,10-11,14H,9H2,1-3H3,(H,23,25,27)/b18-11-/t14-/m1/s1. The molecule has 2 aromatic rings. The van der Waals surface area contributed by atoms with Gasteiger partial charge in [-0.2, -0.15) is 0 Å². The van der Waals surface area contributed by atoms with E-state index < -0.39 is 17.8 Å². The number of rotatable bonds is 2. The molecule has 2 aromatic carbocycles. The molecule has 0 saturated carbocycles. The Morgan fingerprint density at radius 1 is 1.07 bits per heavy atom. The number of urea groups is 1. The number of anilines is 1. The minimum Gasteiger partial charge on any atom is -0.490 e. The van der Waals surface area contributed by atoms with E-state index in [1.165, 1.54) is 6.08 Å². The van der Waals surface area contributed by atoms with Crippen molar-refractivity contribution in [3.05, 3.63) is 64.2 Å². The summed E-state index contributed by atoms with van der Waals surface area (Å²) in [5.74, 6) is -0.511. The zero-order valence-corrected chi connectivity index (χ0v) is 15.9. The fraction of sp³-hybridized carbons (Fsp3) is 0.227. The summed E-state index contributed by atoms with van der Waals surface area (Å²) >= 11 is 0. The topological polar surface area (TPSA) is 75.7 Å². The van der Waals surface area contributed by atoms with Gasteiger partial charge >= 0.3 is 6.03 Å². The lowest BCUT2D eigenvalue weighted by molar-refractivity contribution is -0.122. The van der Waals surface area contributed by atoms with Crippen LogP contribution in [0.3, 0.4) is 0 Å². The summed E-state index contributed by atoms with van der Waals surface area (Å²) in [6.45, 7) is 5.84. The number of hydrogen-bond acceptors (Lipinski definition) is 4. The molecule has 2 aliphatic rings. The first-order valence-corrected chi connectivity index (χ1v) is 9.12. The van der Waals surface area contributed by atoms with E-state index in [0.29, 0.717) is 11.3 Å². The van der Waals surface area contributed by atoms with Crippen molar-refractivity contribution in [2.45, 2.75) is 33.3 Å². The molecular weight excluding hydrogens is 356 g/mol. The van der Waals surface area contributed by atoms with Crippen molar-refractivity contribution in [3.8, 4) is 5.75 Å². The monoisotopic (exact) mass is 376 g/mol. The van der Waals surface area contributed by atoms with Crippen molar-refractivity contribution < 1.29 is 19.1 Å². The fourth-order valence-electron chi connectivity index (χ4n) is 3.46. The Balaban J connectivity index is 1.71. The van der Waals surface area contributed by atoms with E-state index in [-0.39, 0.29) is 11.7 Å². The molecule has 6 heteroatoms. The van der Waals surface area contributed by atoms with Crippen LogP contribution in [0.5, 0.6) is 5.75 Å². The molecular formula is C22H20N2O4. The molecule has 6 nitrogen and oxygen atoms in total. The first-order valence-electron chi connectivity index (χ1n) is 9.12. The Morgan fingerprint density at radius 3 is 2.61 bits per heavy atom. The number of hydrogen-bond donors (Lipinski definition) is 1. The molecule has 1 N–H and O–H groups in total. The van der Waals surface area contributed by atoms with E-state index in [0.717, 1.165) is 33.8 Å². The summed E-state index contributed by atoms with van der Waals surface area (Å²) in [6, 6.07) is 10.1. The van der Waals surface area contributed by atoms with E-state index in [1.54, 1.807) is 18.2 Å². The Labute approximate surface area is 162 Å². The predicted octanol–water partition coefficient (Wildman–Crippen LogP) is 3.29. The third-order valence-electron chi connectivity index (χ3n) is 5.08. The summed E-state index contributed by atoms with van der Waals surface area (Å²) in [5, 5.41) is 2.26. The minimum atomic E-state index is -0.744. The second kappa shape index (κ2) is 6.64. The van der Waals surface area contributed by atoms with Crippen LogP contribution in [0.1, 0.15) is 29.2 Å². The lowest BCUT2D eigenvalue weighted by atomic mass is 10.0. The number of carbonyl (C=O) groups is 3. The Morgan fingerprint density at radius 2 is 1.86 bits per heavy atom. The molecule has 2 aliphatic heterocycles. The van der Waals surface area contributed by atoms with Gasteiger partial charge < -0.3 is 4.74 Å². The van der Waals surface area contributed by atoms with E-state index in [2.05, 4.69) is 5.32 Å². The van der Waals surface area contributed by atoms with E-state index in [9.17, 15) is 14.4 Å². The maximum atomic E-state index is 13.0. The van der Waals surface area contributed by atoms with Crippen molar-refractivity contribution in [2.24, 2.45) is 0 Å². The third kappa shape index (κ3) is 3.07. The summed E-state index contributed by atoms with van der Waals surface area (Å²) in [4.78, 5) is 38.6. The number of fused-ring (bicyclic) bond motifs is 1. The van der Waals surface area contributed by atoms with Crippen LogP contribution in [0, 0.1) is 13.8 Å². The largest absolute Gasteiger partial charge is 0.490 e. The quantitative estimate of drug-likeness (QED) is 0.645. The number of nitrogens with zero attached hydrogens (tertiary/aromatic N) is 1. The maximum absolute atomic E-state index is 13.0. The zero-order chi connectivity index (χ0) is 20.0. The first kappa shape index (κ1) is 18.0. The molecule has 142 valence electrons. The van der Waals surface area contributed by atoms with Gasteiger partial charge in [-0.1, -0.05) is 12.1 Å². The van der Waals surface area contributed by atoms with Crippen LogP contribution in [-0.4, -0.2) is 23.9 Å². The molecule has 0 unspecified atom stereocenters. The van der Waals surface area contributed by atoms with Gasteiger partial charge in [0.2, 0.25) is 0 Å². The number of aryl methyl sites for hydroxylation is 2. The number of benzene rings is 2. The Hall–Kier alpha value is -3.41. The summed E-state index contributed by atoms with van der Waals surface area (Å²) in [6.07, 6.45) is 2.40. The van der Waals surface area contributed by atoms with Crippen LogP contribution < -0.4 is 15.0 Å². The van der Waals surface area contributed by atoms with Gasteiger partial charge in [0.15, 0.2) is 0 Å². The molecule has 4 amide bonds. The van der Waals surface area contributed by atoms with Gasteiger partial charge in [-0.25, -0.2) is 9.69 Å². The van der Waals surface area contributed by atoms with Crippen LogP contribution in [0.2, 0.25) is 0 Å². The van der Waals surface area contributed by atoms with E-state index in [4.69, 9.17) is 4.74 Å². The molecule has 2 heterocycles. The number of ether oxygens (including phenoxy) is 1. The molecule has 1 fully saturated rings. The van der Waals surface area contributed by atoms with Crippen LogP contribution in [0.4, 0.5) is 10.5 Å². The van der Waals surface area contributed by atoms with Crippen molar-refractivity contribution >= 4 is 29.6 Å². The van der Waals surface area contributed by atoms with Crippen LogP contribution in [0.25, 0.3) is 6.08 Å². The van der Waals surface area contributed by atoms with Gasteiger partial charge in [-0.15, -0.1) is 0 Å². The molecule has 0 aromatic heterocycles. The van der Waals surface area contributed by atoms with Crippen molar-refractivity contribution in [2.75, 3.05) is 4.90 Å². The second-order valence-corrected chi connectivity index (χ2v) is 7.23. The lowest BCUT2D eigenvalue weighted by Crippen LogP contribution is -2.54. The van der Waals surface area contributed by atoms with Crippen molar-refractivity contribution in [3.63, 3.8) is 0 Å². The molecule has 4 rings (SSSR count). The van der Waals surface area contributed by atoms with Gasteiger partial charge in [-0.05, 0) is 73.4 Å². The summed E-state index contributed by atoms with van der Waals surface area (Å²) in [7, 11) is 0. The fourth-order valence-corrected chi connectivity index (χ4v) is 3.46. The maximum Gasteiger partial charge on any atom is 0.335 e. The highest BCUT2D eigenvalue weighted by Gasteiger charge is 2.37. The summed E-state index contributed by atoms with van der Waals surface area (Å²) < 4.78 is 5.68. The molecule has 28 heavy (non-hydrogen) atoms. The normalized spacial score (nSPS) is 20.2. The van der Waals surface area contributed by atoms with Crippen LogP contribution in [0.15, 0.2) is 42.0 Å². The lowest BCUT2D eigenvalue weighted by Gasteiger charge is -2.26. The molecule has 0 radical (unpaired) electrons. The zero-order valence-electron chi connectivity index (χ0n) is 15.9. The first-order chi connectivity index (χ1) is 13.3. The van der Waals surface area contributed by atoms with Crippen molar-refractivity contribution in [1.29, 1.82) is 0 Å². The molecule has 1 atom stereocenters.